The standard InChI is InChI=1S/C16H23N3O/c1-18-11-8-14(9-12-18)17-13-4-6-15(7-5-13)19-10-2-3-16(19)20/h4-7,14,17H,2-3,8-12H2,1H3. The monoisotopic (exact) mass is 273 g/mol. The Kier molecular flexibility index (Phi) is 3.92. The number of benzene rings is 1. The van der Waals surface area contributed by atoms with E-state index in [2.05, 4.69) is 41.5 Å². The van der Waals surface area contributed by atoms with Crippen LogP contribution in [0.3, 0.4) is 0 Å². The highest BCUT2D eigenvalue weighted by atomic mass is 16.2. The van der Waals surface area contributed by atoms with E-state index in [-0.39, 0.29) is 5.91 Å². The second-order valence-electron chi connectivity index (χ2n) is 5.92. The summed E-state index contributed by atoms with van der Waals surface area (Å²) in [5.74, 6) is 0.251. The molecule has 0 spiro atoms. The summed E-state index contributed by atoms with van der Waals surface area (Å²) < 4.78 is 0. The number of rotatable bonds is 3. The first kappa shape index (κ1) is 13.4. The molecule has 20 heavy (non-hydrogen) atoms. The van der Waals surface area contributed by atoms with Crippen molar-refractivity contribution in [1.29, 1.82) is 0 Å². The van der Waals surface area contributed by atoms with Crippen LogP contribution in [0.15, 0.2) is 24.3 Å². The van der Waals surface area contributed by atoms with Gasteiger partial charge in [-0.05, 0) is 63.7 Å². The van der Waals surface area contributed by atoms with Gasteiger partial charge in [0.05, 0.1) is 0 Å². The lowest BCUT2D eigenvalue weighted by Crippen LogP contribution is -2.36. The van der Waals surface area contributed by atoms with Crippen molar-refractivity contribution in [1.82, 2.24) is 4.90 Å². The number of likely N-dealkylation sites (tertiary alicyclic amines) is 1. The number of nitrogens with one attached hydrogen (secondary N) is 1. The van der Waals surface area contributed by atoms with Gasteiger partial charge in [-0.15, -0.1) is 0 Å². The average molecular weight is 273 g/mol. The van der Waals surface area contributed by atoms with Crippen LogP contribution in [0.5, 0.6) is 0 Å². The van der Waals surface area contributed by atoms with Crippen LogP contribution in [0.4, 0.5) is 11.4 Å². The van der Waals surface area contributed by atoms with E-state index in [1.165, 1.54) is 12.8 Å². The molecule has 2 heterocycles. The highest BCUT2D eigenvalue weighted by Crippen LogP contribution is 2.24. The third kappa shape index (κ3) is 2.96. The number of piperidine rings is 1. The van der Waals surface area contributed by atoms with Gasteiger partial charge in [-0.3, -0.25) is 4.79 Å². The van der Waals surface area contributed by atoms with Crippen molar-refractivity contribution in [3.63, 3.8) is 0 Å². The van der Waals surface area contributed by atoms with Gasteiger partial charge in [0.1, 0.15) is 0 Å². The number of hydrogen-bond acceptors (Lipinski definition) is 3. The van der Waals surface area contributed by atoms with E-state index >= 15 is 0 Å². The highest BCUT2D eigenvalue weighted by Gasteiger charge is 2.21. The molecule has 1 aromatic rings. The maximum absolute atomic E-state index is 11.7. The maximum atomic E-state index is 11.7. The lowest BCUT2D eigenvalue weighted by molar-refractivity contribution is -0.117. The molecule has 1 aromatic carbocycles. The smallest absolute Gasteiger partial charge is 0.227 e. The molecule has 2 fully saturated rings. The minimum Gasteiger partial charge on any atom is -0.382 e. The van der Waals surface area contributed by atoms with Crippen LogP contribution in [0.2, 0.25) is 0 Å². The summed E-state index contributed by atoms with van der Waals surface area (Å²) in [4.78, 5) is 16.0. The fraction of sp³-hybridized carbons (Fsp3) is 0.562. The first-order chi connectivity index (χ1) is 9.72. The van der Waals surface area contributed by atoms with Crippen molar-refractivity contribution in [2.75, 3.05) is 36.9 Å². The molecule has 0 atom stereocenters. The molecule has 4 nitrogen and oxygen atoms in total. The number of carbonyl (C=O) groups excluding carboxylic acids is 1. The molecular weight excluding hydrogens is 250 g/mol. The van der Waals surface area contributed by atoms with Gasteiger partial charge in [0.25, 0.3) is 0 Å². The van der Waals surface area contributed by atoms with Crippen molar-refractivity contribution in [3.05, 3.63) is 24.3 Å². The molecular formula is C16H23N3O. The Balaban J connectivity index is 1.60. The minimum atomic E-state index is 0.251. The predicted molar refractivity (Wildman–Crippen MR) is 82.2 cm³/mol. The van der Waals surface area contributed by atoms with Crippen molar-refractivity contribution in [3.8, 4) is 0 Å². The summed E-state index contributed by atoms with van der Waals surface area (Å²) in [5.41, 5.74) is 2.19. The van der Waals surface area contributed by atoms with E-state index in [9.17, 15) is 4.79 Å². The lowest BCUT2D eigenvalue weighted by atomic mass is 10.1. The number of hydrogen-bond donors (Lipinski definition) is 1. The van der Waals surface area contributed by atoms with Crippen molar-refractivity contribution < 1.29 is 4.79 Å². The zero-order chi connectivity index (χ0) is 13.9. The fourth-order valence-electron chi connectivity index (χ4n) is 3.05. The number of anilines is 2. The average Bonchev–Trinajstić information content (AvgIpc) is 2.89. The Morgan fingerprint density at radius 3 is 2.40 bits per heavy atom. The highest BCUT2D eigenvalue weighted by molar-refractivity contribution is 5.95. The quantitative estimate of drug-likeness (QED) is 0.918. The summed E-state index contributed by atoms with van der Waals surface area (Å²) in [7, 11) is 2.18. The SMILES string of the molecule is CN1CCC(Nc2ccc(N3CCCC3=O)cc2)CC1. The van der Waals surface area contributed by atoms with E-state index in [1.807, 2.05) is 4.90 Å². The number of amides is 1. The summed E-state index contributed by atoms with van der Waals surface area (Å²) in [6.07, 6.45) is 4.07. The van der Waals surface area contributed by atoms with Gasteiger partial charge in [-0.2, -0.15) is 0 Å². The zero-order valence-corrected chi connectivity index (χ0v) is 12.1. The fourth-order valence-corrected chi connectivity index (χ4v) is 3.05. The van der Waals surface area contributed by atoms with E-state index in [1.54, 1.807) is 0 Å². The van der Waals surface area contributed by atoms with Crippen LogP contribution in [0.25, 0.3) is 0 Å². The second-order valence-corrected chi connectivity index (χ2v) is 5.92. The molecule has 3 rings (SSSR count). The van der Waals surface area contributed by atoms with E-state index < -0.39 is 0 Å². The number of carbonyl (C=O) groups is 1. The molecule has 0 aromatic heterocycles. The molecule has 1 N–H and O–H groups in total. The Morgan fingerprint density at radius 2 is 1.80 bits per heavy atom. The largest absolute Gasteiger partial charge is 0.382 e. The van der Waals surface area contributed by atoms with Crippen molar-refractivity contribution >= 4 is 17.3 Å². The summed E-state index contributed by atoms with van der Waals surface area (Å²) >= 11 is 0. The second kappa shape index (κ2) is 5.83. The number of nitrogens with zero attached hydrogens (tertiary/aromatic N) is 2. The summed E-state index contributed by atoms with van der Waals surface area (Å²) in [6.45, 7) is 3.19. The normalized spacial score (nSPS) is 21.4. The third-order valence-electron chi connectivity index (χ3n) is 4.34. The Hall–Kier alpha value is -1.55. The minimum absolute atomic E-state index is 0.251. The molecule has 2 aliphatic rings. The van der Waals surface area contributed by atoms with E-state index in [4.69, 9.17) is 0 Å². The van der Waals surface area contributed by atoms with Gasteiger partial charge >= 0.3 is 0 Å². The summed E-state index contributed by atoms with van der Waals surface area (Å²) in [6, 6.07) is 8.88. The van der Waals surface area contributed by atoms with Crippen LogP contribution in [0, 0.1) is 0 Å². The maximum Gasteiger partial charge on any atom is 0.227 e. The molecule has 108 valence electrons. The molecule has 0 aliphatic carbocycles. The molecule has 2 saturated heterocycles. The van der Waals surface area contributed by atoms with Gasteiger partial charge in [-0.1, -0.05) is 0 Å². The first-order valence-electron chi connectivity index (χ1n) is 7.58. The van der Waals surface area contributed by atoms with Gasteiger partial charge in [-0.25, -0.2) is 0 Å². The van der Waals surface area contributed by atoms with E-state index in [0.717, 1.165) is 37.4 Å². The zero-order valence-electron chi connectivity index (χ0n) is 12.1. The van der Waals surface area contributed by atoms with Gasteiger partial charge in [0, 0.05) is 30.4 Å². The Labute approximate surface area is 120 Å². The topological polar surface area (TPSA) is 35.6 Å². The Morgan fingerprint density at radius 1 is 1.10 bits per heavy atom. The van der Waals surface area contributed by atoms with Crippen molar-refractivity contribution in [2.24, 2.45) is 0 Å². The van der Waals surface area contributed by atoms with Crippen LogP contribution < -0.4 is 10.2 Å². The van der Waals surface area contributed by atoms with Crippen LogP contribution in [-0.2, 0) is 4.79 Å². The van der Waals surface area contributed by atoms with Gasteiger partial charge in [0.2, 0.25) is 5.91 Å². The molecule has 4 heteroatoms. The lowest BCUT2D eigenvalue weighted by Gasteiger charge is -2.30. The Bertz CT molecular complexity index is 463. The van der Waals surface area contributed by atoms with Crippen LogP contribution >= 0.6 is 0 Å². The molecule has 2 aliphatic heterocycles. The molecule has 0 unspecified atom stereocenters. The molecule has 0 bridgehead atoms. The van der Waals surface area contributed by atoms with Crippen LogP contribution in [0.1, 0.15) is 25.7 Å². The molecule has 0 saturated carbocycles. The van der Waals surface area contributed by atoms with E-state index in [0.29, 0.717) is 12.5 Å². The third-order valence-corrected chi connectivity index (χ3v) is 4.34. The van der Waals surface area contributed by atoms with Crippen molar-refractivity contribution in [2.45, 2.75) is 31.7 Å². The summed E-state index contributed by atoms with van der Waals surface area (Å²) in [5, 5.41) is 3.60. The first-order valence-corrected chi connectivity index (χ1v) is 7.58. The van der Waals surface area contributed by atoms with Gasteiger partial charge < -0.3 is 15.1 Å². The van der Waals surface area contributed by atoms with Crippen LogP contribution in [-0.4, -0.2) is 43.5 Å². The molecule has 0 radical (unpaired) electrons. The molecule has 1 amide bonds. The van der Waals surface area contributed by atoms with Gasteiger partial charge in [0.15, 0.2) is 0 Å². The predicted octanol–water partition coefficient (Wildman–Crippen LogP) is 2.32.